The molecule has 2 aromatic heterocycles. The van der Waals surface area contributed by atoms with Gasteiger partial charge in [0.05, 0.1) is 14.9 Å². The number of hydrogen-bond acceptors (Lipinski definition) is 4. The van der Waals surface area contributed by atoms with Gasteiger partial charge in [-0.3, -0.25) is 4.79 Å². The Bertz CT molecular complexity index is 914. The van der Waals surface area contributed by atoms with Crippen LogP contribution in [0.4, 0.5) is 5.82 Å². The Balaban J connectivity index is 1.63. The fourth-order valence-electron chi connectivity index (χ4n) is 1.97. The van der Waals surface area contributed by atoms with Crippen molar-refractivity contribution in [1.82, 2.24) is 4.98 Å². The Morgan fingerprint density at radius 1 is 1.16 bits per heavy atom. The summed E-state index contributed by atoms with van der Waals surface area (Å²) in [6.45, 7) is 0.337. The summed E-state index contributed by atoms with van der Waals surface area (Å²) < 4.78 is 5.66. The van der Waals surface area contributed by atoms with Crippen molar-refractivity contribution in [2.75, 3.05) is 5.32 Å². The molecule has 2 heterocycles. The Labute approximate surface area is 163 Å². The minimum absolute atomic E-state index is 0.265. The molecule has 0 aliphatic carbocycles. The lowest BCUT2D eigenvalue weighted by molar-refractivity contribution is 0.103. The van der Waals surface area contributed by atoms with Crippen LogP contribution in [-0.2, 0) is 6.61 Å². The van der Waals surface area contributed by atoms with Gasteiger partial charge in [-0.2, -0.15) is 0 Å². The van der Waals surface area contributed by atoms with Crippen molar-refractivity contribution in [1.29, 1.82) is 0 Å². The molecule has 0 bridgehead atoms. The SMILES string of the molecule is O=C(Nc1ncc(Cl)cc1Cl)c1cc(COc2cccc(Cl)c2)cs1. The fraction of sp³-hybridized carbons (Fsp3) is 0.0588. The molecule has 0 atom stereocenters. The first-order valence-corrected chi connectivity index (χ1v) is 9.11. The monoisotopic (exact) mass is 412 g/mol. The van der Waals surface area contributed by atoms with E-state index in [0.29, 0.717) is 27.3 Å². The van der Waals surface area contributed by atoms with E-state index < -0.39 is 0 Å². The van der Waals surface area contributed by atoms with E-state index in [4.69, 9.17) is 39.5 Å². The summed E-state index contributed by atoms with van der Waals surface area (Å²) in [6.07, 6.45) is 1.42. The maximum atomic E-state index is 12.3. The van der Waals surface area contributed by atoms with Gasteiger partial charge in [-0.25, -0.2) is 4.98 Å². The molecule has 1 amide bonds. The molecule has 1 aromatic carbocycles. The number of thiophene rings is 1. The number of carbonyl (C=O) groups is 1. The van der Waals surface area contributed by atoms with Crippen LogP contribution in [0.2, 0.25) is 15.1 Å². The maximum absolute atomic E-state index is 12.3. The number of amides is 1. The van der Waals surface area contributed by atoms with Crippen molar-refractivity contribution in [2.24, 2.45) is 0 Å². The van der Waals surface area contributed by atoms with Crippen LogP contribution in [0.3, 0.4) is 0 Å². The summed E-state index contributed by atoms with van der Waals surface area (Å²) in [5.74, 6) is 0.638. The second-order valence-electron chi connectivity index (χ2n) is 5.00. The molecule has 3 rings (SSSR count). The van der Waals surface area contributed by atoms with Gasteiger partial charge in [0.25, 0.3) is 5.91 Å². The van der Waals surface area contributed by atoms with Gasteiger partial charge < -0.3 is 10.1 Å². The first-order chi connectivity index (χ1) is 12.0. The Hall–Kier alpha value is -1.79. The molecular formula is C17H11Cl3N2O2S. The third-order valence-electron chi connectivity index (χ3n) is 3.12. The first kappa shape index (κ1) is 18.0. The average molecular weight is 414 g/mol. The summed E-state index contributed by atoms with van der Waals surface area (Å²) in [7, 11) is 0. The minimum Gasteiger partial charge on any atom is -0.489 e. The van der Waals surface area contributed by atoms with Crippen LogP contribution in [0.25, 0.3) is 0 Å². The predicted octanol–water partition coefficient (Wildman–Crippen LogP) is 5.93. The molecule has 0 radical (unpaired) electrons. The summed E-state index contributed by atoms with van der Waals surface area (Å²) in [5.41, 5.74) is 0.880. The van der Waals surface area contributed by atoms with Gasteiger partial charge >= 0.3 is 0 Å². The van der Waals surface area contributed by atoms with Gasteiger partial charge in [-0.1, -0.05) is 40.9 Å². The van der Waals surface area contributed by atoms with Gasteiger partial charge in [-0.15, -0.1) is 11.3 Å². The minimum atomic E-state index is -0.296. The Morgan fingerprint density at radius 2 is 2.00 bits per heavy atom. The molecule has 0 saturated heterocycles. The largest absolute Gasteiger partial charge is 0.489 e. The summed E-state index contributed by atoms with van der Waals surface area (Å²) >= 11 is 19.0. The number of carbonyl (C=O) groups excluding carboxylic acids is 1. The highest BCUT2D eigenvalue weighted by atomic mass is 35.5. The van der Waals surface area contributed by atoms with Crippen LogP contribution in [-0.4, -0.2) is 10.9 Å². The Kier molecular flexibility index (Phi) is 5.81. The highest BCUT2D eigenvalue weighted by molar-refractivity contribution is 7.12. The normalized spacial score (nSPS) is 10.5. The van der Waals surface area contributed by atoms with Crippen molar-refractivity contribution < 1.29 is 9.53 Å². The van der Waals surface area contributed by atoms with Crippen molar-refractivity contribution in [3.8, 4) is 5.75 Å². The maximum Gasteiger partial charge on any atom is 0.266 e. The molecule has 0 saturated carbocycles. The lowest BCUT2D eigenvalue weighted by Gasteiger charge is -2.05. The average Bonchev–Trinajstić information content (AvgIpc) is 3.05. The van der Waals surface area contributed by atoms with E-state index >= 15 is 0 Å². The van der Waals surface area contributed by atoms with Gasteiger partial charge in [0.1, 0.15) is 12.4 Å². The van der Waals surface area contributed by atoms with Gasteiger partial charge in [0, 0.05) is 16.8 Å². The molecular weight excluding hydrogens is 403 g/mol. The smallest absolute Gasteiger partial charge is 0.266 e. The molecule has 25 heavy (non-hydrogen) atoms. The van der Waals surface area contributed by atoms with Crippen LogP contribution in [0.1, 0.15) is 15.2 Å². The standard InChI is InChI=1S/C17H11Cl3N2O2S/c18-11-2-1-3-13(5-11)24-8-10-4-15(25-9-10)17(23)22-16-14(20)6-12(19)7-21-16/h1-7,9H,8H2,(H,21,22,23). The summed E-state index contributed by atoms with van der Waals surface area (Å²) in [5, 5.41) is 5.81. The highest BCUT2D eigenvalue weighted by Crippen LogP contribution is 2.25. The summed E-state index contributed by atoms with van der Waals surface area (Å²) in [4.78, 5) is 16.8. The number of rotatable bonds is 5. The van der Waals surface area contributed by atoms with E-state index in [9.17, 15) is 4.79 Å². The van der Waals surface area contributed by atoms with Crippen LogP contribution in [0, 0.1) is 0 Å². The number of halogens is 3. The van der Waals surface area contributed by atoms with E-state index in [2.05, 4.69) is 10.3 Å². The molecule has 4 nitrogen and oxygen atoms in total. The number of nitrogens with one attached hydrogen (secondary N) is 1. The molecule has 0 unspecified atom stereocenters. The Morgan fingerprint density at radius 3 is 2.76 bits per heavy atom. The number of ether oxygens (including phenoxy) is 1. The number of anilines is 1. The number of pyridine rings is 1. The lowest BCUT2D eigenvalue weighted by Crippen LogP contribution is -2.11. The molecule has 0 fully saturated rings. The number of nitrogens with zero attached hydrogens (tertiary/aromatic N) is 1. The predicted molar refractivity (Wildman–Crippen MR) is 102 cm³/mol. The van der Waals surface area contributed by atoms with Gasteiger partial charge in [-0.05, 0) is 35.7 Å². The van der Waals surface area contributed by atoms with Crippen molar-refractivity contribution >= 4 is 57.9 Å². The molecule has 8 heteroatoms. The molecule has 0 aliphatic heterocycles. The molecule has 0 spiro atoms. The number of aromatic nitrogens is 1. The van der Waals surface area contributed by atoms with E-state index in [1.165, 1.54) is 23.6 Å². The van der Waals surface area contributed by atoms with E-state index in [1.807, 2.05) is 17.5 Å². The van der Waals surface area contributed by atoms with Crippen molar-refractivity contribution in [3.63, 3.8) is 0 Å². The molecule has 0 aliphatic rings. The first-order valence-electron chi connectivity index (χ1n) is 7.09. The molecule has 128 valence electrons. The second kappa shape index (κ2) is 8.06. The number of hydrogen-bond donors (Lipinski definition) is 1. The van der Waals surface area contributed by atoms with E-state index in [0.717, 1.165) is 5.56 Å². The van der Waals surface area contributed by atoms with Gasteiger partial charge in [0.2, 0.25) is 0 Å². The molecule has 3 aromatic rings. The van der Waals surface area contributed by atoms with Gasteiger partial charge in [0.15, 0.2) is 5.82 Å². The molecule has 1 N–H and O–H groups in total. The third kappa shape index (κ3) is 4.86. The topological polar surface area (TPSA) is 51.2 Å². The zero-order chi connectivity index (χ0) is 17.8. The van der Waals surface area contributed by atoms with Crippen LogP contribution in [0.5, 0.6) is 5.75 Å². The van der Waals surface area contributed by atoms with Crippen molar-refractivity contribution in [3.05, 3.63) is 73.5 Å². The van der Waals surface area contributed by atoms with E-state index in [1.54, 1.807) is 18.2 Å². The van der Waals surface area contributed by atoms with Crippen molar-refractivity contribution in [2.45, 2.75) is 6.61 Å². The highest BCUT2D eigenvalue weighted by Gasteiger charge is 2.13. The number of benzene rings is 1. The second-order valence-corrected chi connectivity index (χ2v) is 7.19. The zero-order valence-electron chi connectivity index (χ0n) is 12.6. The van der Waals surface area contributed by atoms with Crippen LogP contribution in [0.15, 0.2) is 48.0 Å². The lowest BCUT2D eigenvalue weighted by atomic mass is 10.3. The van der Waals surface area contributed by atoms with Crippen LogP contribution >= 0.6 is 46.1 Å². The quantitative estimate of drug-likeness (QED) is 0.563. The fourth-order valence-corrected chi connectivity index (χ4v) is 3.37. The summed E-state index contributed by atoms with van der Waals surface area (Å²) in [6, 6.07) is 10.4. The third-order valence-corrected chi connectivity index (χ3v) is 4.83. The zero-order valence-corrected chi connectivity index (χ0v) is 15.7. The van der Waals surface area contributed by atoms with E-state index in [-0.39, 0.29) is 16.7 Å². The van der Waals surface area contributed by atoms with Crippen LogP contribution < -0.4 is 10.1 Å².